The second-order valence-electron chi connectivity index (χ2n) is 2.87. The van der Waals surface area contributed by atoms with Gasteiger partial charge in [-0.3, -0.25) is 4.68 Å². The minimum atomic E-state index is 0.449. The first-order chi connectivity index (χ1) is 6.83. The van der Waals surface area contributed by atoms with E-state index in [1.165, 1.54) is 0 Å². The number of hydrogen-bond acceptors (Lipinski definition) is 5. The Bertz CT molecular complexity index is 251. The highest BCUT2D eigenvalue weighted by atomic mass is 16.5. The summed E-state index contributed by atoms with van der Waals surface area (Å²) < 4.78 is 11.8. The minimum absolute atomic E-state index is 0.449. The Balaban J connectivity index is 1.99. The molecule has 0 aliphatic carbocycles. The summed E-state index contributed by atoms with van der Waals surface area (Å²) in [7, 11) is 1.65. The zero-order valence-electron chi connectivity index (χ0n) is 8.35. The average molecular weight is 200 g/mol. The zero-order valence-corrected chi connectivity index (χ0v) is 8.35. The molecule has 0 aromatic carbocycles. The molecule has 0 amide bonds. The number of ether oxygens (including phenoxy) is 2. The molecule has 6 nitrogen and oxygen atoms in total. The Morgan fingerprint density at radius 1 is 1.43 bits per heavy atom. The highest BCUT2D eigenvalue weighted by molar-refractivity contribution is 5.19. The van der Waals surface area contributed by atoms with E-state index in [1.54, 1.807) is 18.0 Å². The first-order valence-electron chi connectivity index (χ1n) is 4.55. The standard InChI is InChI=1S/C8H16N4O2/c1-13-5-6-14-4-2-3-12-7-8(9)10-11-12/h7H,2-6,9H2,1H3. The molecule has 0 spiro atoms. The summed E-state index contributed by atoms with van der Waals surface area (Å²) in [4.78, 5) is 0. The van der Waals surface area contributed by atoms with Crippen LogP contribution in [0.15, 0.2) is 6.20 Å². The van der Waals surface area contributed by atoms with Gasteiger partial charge in [0.1, 0.15) is 0 Å². The molecular weight excluding hydrogens is 184 g/mol. The van der Waals surface area contributed by atoms with Crippen LogP contribution < -0.4 is 5.73 Å². The molecule has 80 valence electrons. The molecule has 1 aromatic heterocycles. The third kappa shape index (κ3) is 4.20. The molecule has 0 saturated heterocycles. The van der Waals surface area contributed by atoms with Crippen LogP contribution in [0.5, 0.6) is 0 Å². The first kappa shape index (κ1) is 10.9. The maximum absolute atomic E-state index is 5.41. The van der Waals surface area contributed by atoms with E-state index < -0.39 is 0 Å². The third-order valence-corrected chi connectivity index (χ3v) is 1.66. The van der Waals surface area contributed by atoms with Crippen molar-refractivity contribution in [1.29, 1.82) is 0 Å². The number of nitrogen functional groups attached to an aromatic ring is 1. The predicted molar refractivity (Wildman–Crippen MR) is 51.7 cm³/mol. The Hall–Kier alpha value is -1.14. The second-order valence-corrected chi connectivity index (χ2v) is 2.87. The molecule has 0 aliphatic rings. The maximum Gasteiger partial charge on any atom is 0.165 e. The van der Waals surface area contributed by atoms with Gasteiger partial charge in [0, 0.05) is 20.3 Å². The highest BCUT2D eigenvalue weighted by Gasteiger charge is 1.95. The van der Waals surface area contributed by atoms with Crippen LogP contribution in [0.3, 0.4) is 0 Å². The summed E-state index contributed by atoms with van der Waals surface area (Å²) in [5.74, 6) is 0.449. The molecule has 0 fully saturated rings. The molecule has 1 aromatic rings. The lowest BCUT2D eigenvalue weighted by atomic mass is 10.4. The SMILES string of the molecule is COCCOCCCn1cc(N)nn1. The largest absolute Gasteiger partial charge is 0.382 e. The molecule has 1 rings (SSSR count). The van der Waals surface area contributed by atoms with Gasteiger partial charge in [-0.2, -0.15) is 0 Å². The molecule has 14 heavy (non-hydrogen) atoms. The predicted octanol–water partition coefficient (Wildman–Crippen LogP) is -0.0866. The van der Waals surface area contributed by atoms with Crippen LogP contribution in [0.4, 0.5) is 5.82 Å². The van der Waals surface area contributed by atoms with Crippen molar-refractivity contribution in [2.75, 3.05) is 32.7 Å². The fraction of sp³-hybridized carbons (Fsp3) is 0.750. The number of nitrogens with two attached hydrogens (primary N) is 1. The molecule has 0 atom stereocenters. The van der Waals surface area contributed by atoms with Gasteiger partial charge < -0.3 is 15.2 Å². The first-order valence-corrected chi connectivity index (χ1v) is 4.55. The minimum Gasteiger partial charge on any atom is -0.382 e. The number of aryl methyl sites for hydroxylation is 1. The van der Waals surface area contributed by atoms with Gasteiger partial charge in [0.15, 0.2) is 5.82 Å². The van der Waals surface area contributed by atoms with E-state index in [9.17, 15) is 0 Å². The van der Waals surface area contributed by atoms with Crippen LogP contribution in [0.1, 0.15) is 6.42 Å². The molecule has 1 heterocycles. The Kier molecular flexibility index (Phi) is 4.95. The molecule has 0 bridgehead atoms. The van der Waals surface area contributed by atoms with Crippen molar-refractivity contribution in [1.82, 2.24) is 15.0 Å². The molecule has 6 heteroatoms. The van der Waals surface area contributed by atoms with Crippen molar-refractivity contribution in [3.8, 4) is 0 Å². The molecule has 0 unspecified atom stereocenters. The van der Waals surface area contributed by atoms with Crippen LogP contribution in [0.2, 0.25) is 0 Å². The fourth-order valence-electron chi connectivity index (χ4n) is 0.996. The monoisotopic (exact) mass is 200 g/mol. The number of nitrogens with zero attached hydrogens (tertiary/aromatic N) is 3. The lowest BCUT2D eigenvalue weighted by Gasteiger charge is -2.02. The third-order valence-electron chi connectivity index (χ3n) is 1.66. The van der Waals surface area contributed by atoms with E-state index in [-0.39, 0.29) is 0 Å². The van der Waals surface area contributed by atoms with Gasteiger partial charge >= 0.3 is 0 Å². The highest BCUT2D eigenvalue weighted by Crippen LogP contribution is 1.94. The van der Waals surface area contributed by atoms with Gasteiger partial charge in [0.2, 0.25) is 0 Å². The van der Waals surface area contributed by atoms with E-state index in [2.05, 4.69) is 10.3 Å². The Labute approximate surface area is 83.0 Å². The van der Waals surface area contributed by atoms with E-state index in [0.717, 1.165) is 13.0 Å². The van der Waals surface area contributed by atoms with E-state index in [0.29, 0.717) is 25.6 Å². The summed E-state index contributed by atoms with van der Waals surface area (Å²) in [6.07, 6.45) is 2.60. The topological polar surface area (TPSA) is 75.2 Å². The fourth-order valence-corrected chi connectivity index (χ4v) is 0.996. The smallest absolute Gasteiger partial charge is 0.165 e. The summed E-state index contributed by atoms with van der Waals surface area (Å²) in [6, 6.07) is 0. The Morgan fingerprint density at radius 2 is 2.29 bits per heavy atom. The second kappa shape index (κ2) is 6.33. The molecule has 0 radical (unpaired) electrons. The normalized spacial score (nSPS) is 10.6. The quantitative estimate of drug-likeness (QED) is 0.623. The van der Waals surface area contributed by atoms with Crippen LogP contribution in [-0.2, 0) is 16.0 Å². The number of anilines is 1. The Morgan fingerprint density at radius 3 is 2.93 bits per heavy atom. The molecule has 2 N–H and O–H groups in total. The van der Waals surface area contributed by atoms with E-state index >= 15 is 0 Å². The van der Waals surface area contributed by atoms with Crippen molar-refractivity contribution in [3.05, 3.63) is 6.20 Å². The summed E-state index contributed by atoms with van der Waals surface area (Å²) in [5.41, 5.74) is 5.41. The van der Waals surface area contributed by atoms with Crippen LogP contribution >= 0.6 is 0 Å². The van der Waals surface area contributed by atoms with E-state index in [1.807, 2.05) is 0 Å². The van der Waals surface area contributed by atoms with Gasteiger partial charge in [0.25, 0.3) is 0 Å². The van der Waals surface area contributed by atoms with Gasteiger partial charge in [-0.15, -0.1) is 5.10 Å². The summed E-state index contributed by atoms with van der Waals surface area (Å²) in [6.45, 7) is 2.74. The van der Waals surface area contributed by atoms with Gasteiger partial charge in [0.05, 0.1) is 19.4 Å². The number of hydrogen-bond donors (Lipinski definition) is 1. The van der Waals surface area contributed by atoms with Crippen LogP contribution in [-0.4, -0.2) is 41.9 Å². The number of rotatable bonds is 7. The molecule has 0 aliphatic heterocycles. The van der Waals surface area contributed by atoms with Crippen LogP contribution in [0.25, 0.3) is 0 Å². The van der Waals surface area contributed by atoms with Crippen molar-refractivity contribution in [2.45, 2.75) is 13.0 Å². The number of methoxy groups -OCH3 is 1. The van der Waals surface area contributed by atoms with Gasteiger partial charge in [-0.1, -0.05) is 5.21 Å². The lowest BCUT2D eigenvalue weighted by Crippen LogP contribution is -2.06. The lowest BCUT2D eigenvalue weighted by molar-refractivity contribution is 0.0676. The van der Waals surface area contributed by atoms with Crippen molar-refractivity contribution in [2.24, 2.45) is 0 Å². The van der Waals surface area contributed by atoms with Crippen LogP contribution in [0, 0.1) is 0 Å². The average Bonchev–Trinajstić information content (AvgIpc) is 2.58. The zero-order chi connectivity index (χ0) is 10.2. The van der Waals surface area contributed by atoms with E-state index in [4.69, 9.17) is 15.2 Å². The van der Waals surface area contributed by atoms with Crippen molar-refractivity contribution >= 4 is 5.82 Å². The summed E-state index contributed by atoms with van der Waals surface area (Å²) in [5, 5.41) is 7.49. The number of aromatic nitrogens is 3. The van der Waals surface area contributed by atoms with Crippen molar-refractivity contribution in [3.63, 3.8) is 0 Å². The molecule has 0 saturated carbocycles. The van der Waals surface area contributed by atoms with Gasteiger partial charge in [-0.25, -0.2) is 0 Å². The van der Waals surface area contributed by atoms with Gasteiger partial charge in [-0.05, 0) is 6.42 Å². The van der Waals surface area contributed by atoms with Crippen molar-refractivity contribution < 1.29 is 9.47 Å². The summed E-state index contributed by atoms with van der Waals surface area (Å²) >= 11 is 0. The maximum atomic E-state index is 5.41. The molecular formula is C8H16N4O2.